The summed E-state index contributed by atoms with van der Waals surface area (Å²) in [5.41, 5.74) is 0.120. The molecule has 0 aliphatic heterocycles. The highest BCUT2D eigenvalue weighted by atomic mass is 16.6. The van der Waals surface area contributed by atoms with E-state index >= 15 is 0 Å². The van der Waals surface area contributed by atoms with Crippen molar-refractivity contribution in [2.75, 3.05) is 7.11 Å². The Hall–Kier alpha value is -1.84. The molecule has 0 aliphatic carbocycles. The average Bonchev–Trinajstić information content (AvgIpc) is 2.44. The van der Waals surface area contributed by atoms with Crippen molar-refractivity contribution in [2.24, 2.45) is 11.8 Å². The first-order valence-corrected chi connectivity index (χ1v) is 7.54. The summed E-state index contributed by atoms with van der Waals surface area (Å²) >= 11 is 0. The van der Waals surface area contributed by atoms with E-state index in [2.05, 4.69) is 0 Å². The molecule has 4 nitrogen and oxygen atoms in total. The molecule has 2 unspecified atom stereocenters. The second-order valence-electron chi connectivity index (χ2n) is 6.66. The molecule has 0 bridgehead atoms. The normalized spacial score (nSPS) is 14.1. The molecule has 0 saturated heterocycles. The van der Waals surface area contributed by atoms with Gasteiger partial charge in [-0.3, -0.25) is 9.59 Å². The van der Waals surface area contributed by atoms with Crippen molar-refractivity contribution >= 4 is 11.8 Å². The maximum atomic E-state index is 12.3. The van der Waals surface area contributed by atoms with Gasteiger partial charge in [0.1, 0.15) is 11.4 Å². The first-order valence-electron chi connectivity index (χ1n) is 7.54. The van der Waals surface area contributed by atoms with Crippen molar-refractivity contribution < 1.29 is 19.1 Å². The lowest BCUT2D eigenvalue weighted by molar-refractivity contribution is -0.161. The number of ketones is 1. The fraction of sp³-hybridized carbons (Fsp3) is 0.556. The Morgan fingerprint density at radius 3 is 2.09 bits per heavy atom. The second-order valence-corrected chi connectivity index (χ2v) is 6.66. The zero-order valence-electron chi connectivity index (χ0n) is 14.3. The van der Waals surface area contributed by atoms with Crippen LogP contribution in [0.4, 0.5) is 0 Å². The number of esters is 1. The van der Waals surface area contributed by atoms with Gasteiger partial charge in [0, 0.05) is 12.0 Å². The minimum Gasteiger partial charge on any atom is -0.497 e. The van der Waals surface area contributed by atoms with Gasteiger partial charge in [0.2, 0.25) is 0 Å². The third kappa shape index (κ3) is 5.51. The first-order chi connectivity index (χ1) is 10.1. The van der Waals surface area contributed by atoms with E-state index in [1.54, 1.807) is 38.3 Å². The number of rotatable bonds is 6. The van der Waals surface area contributed by atoms with Crippen LogP contribution >= 0.6 is 0 Å². The number of hydrogen-bond acceptors (Lipinski definition) is 4. The van der Waals surface area contributed by atoms with Gasteiger partial charge in [-0.25, -0.2) is 0 Å². The highest BCUT2D eigenvalue weighted by Crippen LogP contribution is 2.22. The Bertz CT molecular complexity index is 511. The molecule has 0 aliphatic rings. The van der Waals surface area contributed by atoms with E-state index in [0.29, 0.717) is 17.7 Å². The number of hydrogen-bond donors (Lipinski definition) is 0. The molecule has 4 heteroatoms. The lowest BCUT2D eigenvalue weighted by Gasteiger charge is -2.25. The highest BCUT2D eigenvalue weighted by Gasteiger charge is 2.27. The zero-order chi connectivity index (χ0) is 16.9. The lowest BCUT2D eigenvalue weighted by atomic mass is 9.89. The molecule has 22 heavy (non-hydrogen) atoms. The molecule has 0 fully saturated rings. The van der Waals surface area contributed by atoms with Gasteiger partial charge in [0.05, 0.1) is 13.0 Å². The Kier molecular flexibility index (Phi) is 6.15. The van der Waals surface area contributed by atoms with E-state index in [1.807, 2.05) is 27.7 Å². The molecule has 1 rings (SSSR count). The van der Waals surface area contributed by atoms with Crippen molar-refractivity contribution in [3.05, 3.63) is 29.8 Å². The van der Waals surface area contributed by atoms with Crippen LogP contribution in [0, 0.1) is 11.8 Å². The first kappa shape index (κ1) is 18.2. The smallest absolute Gasteiger partial charge is 0.309 e. The van der Waals surface area contributed by atoms with Gasteiger partial charge >= 0.3 is 5.97 Å². The third-order valence-corrected chi connectivity index (χ3v) is 3.55. The fourth-order valence-electron chi connectivity index (χ4n) is 1.99. The maximum Gasteiger partial charge on any atom is 0.309 e. The predicted molar refractivity (Wildman–Crippen MR) is 86.1 cm³/mol. The van der Waals surface area contributed by atoms with E-state index in [0.717, 1.165) is 0 Å². The molecule has 122 valence electrons. The summed E-state index contributed by atoms with van der Waals surface area (Å²) < 4.78 is 10.4. The molecule has 0 heterocycles. The molecule has 0 amide bonds. The summed E-state index contributed by atoms with van der Waals surface area (Å²) in [4.78, 5) is 24.3. The SMILES string of the molecule is COc1ccc(C(=O)CC(C)C(C)C(=O)OC(C)(C)C)cc1. The fourth-order valence-corrected chi connectivity index (χ4v) is 1.99. The molecule has 1 aromatic rings. The average molecular weight is 306 g/mol. The molecule has 1 aromatic carbocycles. The Labute approximate surface area is 132 Å². The lowest BCUT2D eigenvalue weighted by Crippen LogP contribution is -2.31. The Balaban J connectivity index is 2.64. The topological polar surface area (TPSA) is 52.6 Å². The van der Waals surface area contributed by atoms with E-state index < -0.39 is 5.60 Å². The van der Waals surface area contributed by atoms with Crippen molar-refractivity contribution in [1.29, 1.82) is 0 Å². The van der Waals surface area contributed by atoms with Gasteiger partial charge in [0.15, 0.2) is 5.78 Å². The van der Waals surface area contributed by atoms with E-state index in [4.69, 9.17) is 9.47 Å². The maximum absolute atomic E-state index is 12.3. The number of Topliss-reactive ketones (excluding diaryl/α,β-unsaturated/α-hetero) is 1. The van der Waals surface area contributed by atoms with Crippen molar-refractivity contribution in [3.8, 4) is 5.75 Å². The molecular formula is C18H26O4. The number of carbonyl (C=O) groups is 2. The van der Waals surface area contributed by atoms with E-state index in [9.17, 15) is 9.59 Å². The second kappa shape index (κ2) is 7.43. The van der Waals surface area contributed by atoms with Gasteiger partial charge in [-0.1, -0.05) is 13.8 Å². The van der Waals surface area contributed by atoms with Crippen molar-refractivity contribution in [2.45, 2.75) is 46.6 Å². The van der Waals surface area contributed by atoms with Crippen molar-refractivity contribution in [3.63, 3.8) is 0 Å². The summed E-state index contributed by atoms with van der Waals surface area (Å²) in [7, 11) is 1.58. The summed E-state index contributed by atoms with van der Waals surface area (Å²) in [6, 6.07) is 7.00. The van der Waals surface area contributed by atoms with Crippen molar-refractivity contribution in [1.82, 2.24) is 0 Å². The van der Waals surface area contributed by atoms with Crippen LogP contribution in [0.25, 0.3) is 0 Å². The number of methoxy groups -OCH3 is 1. The molecule has 0 radical (unpaired) electrons. The number of ether oxygens (including phenoxy) is 2. The summed E-state index contributed by atoms with van der Waals surface area (Å²) in [6.07, 6.45) is 0.312. The molecule has 0 spiro atoms. The molecule has 0 aromatic heterocycles. The van der Waals surface area contributed by atoms with Gasteiger partial charge in [0.25, 0.3) is 0 Å². The largest absolute Gasteiger partial charge is 0.497 e. The minimum atomic E-state index is -0.509. The van der Waals surface area contributed by atoms with Crippen LogP contribution in [-0.4, -0.2) is 24.5 Å². The zero-order valence-corrected chi connectivity index (χ0v) is 14.3. The predicted octanol–water partition coefficient (Wildman–Crippen LogP) is 3.88. The van der Waals surface area contributed by atoms with Crippen LogP contribution in [-0.2, 0) is 9.53 Å². The minimum absolute atomic E-state index is 0.0190. The molecule has 2 atom stereocenters. The van der Waals surface area contributed by atoms with Crippen LogP contribution in [0.3, 0.4) is 0 Å². The van der Waals surface area contributed by atoms with Gasteiger partial charge in [-0.05, 0) is 51.0 Å². The molecule has 0 saturated carbocycles. The van der Waals surface area contributed by atoms with Crippen LogP contribution < -0.4 is 4.74 Å². The monoisotopic (exact) mass is 306 g/mol. The third-order valence-electron chi connectivity index (χ3n) is 3.55. The standard InChI is InChI=1S/C18H26O4/c1-12(13(2)17(20)22-18(3,4)5)11-16(19)14-7-9-15(21-6)10-8-14/h7-10,12-13H,11H2,1-6H3. The van der Waals surface area contributed by atoms with E-state index in [1.165, 1.54) is 0 Å². The Morgan fingerprint density at radius 1 is 1.09 bits per heavy atom. The van der Waals surface area contributed by atoms with E-state index in [-0.39, 0.29) is 23.6 Å². The van der Waals surface area contributed by atoms with Crippen LogP contribution in [0.5, 0.6) is 5.75 Å². The van der Waals surface area contributed by atoms with Gasteiger partial charge < -0.3 is 9.47 Å². The quantitative estimate of drug-likeness (QED) is 0.591. The summed E-state index contributed by atoms with van der Waals surface area (Å²) in [5.74, 6) is 0.0747. The van der Waals surface area contributed by atoms with Gasteiger partial charge in [-0.15, -0.1) is 0 Å². The van der Waals surface area contributed by atoms with Crippen LogP contribution in [0.2, 0.25) is 0 Å². The Morgan fingerprint density at radius 2 is 1.64 bits per heavy atom. The molecular weight excluding hydrogens is 280 g/mol. The summed E-state index contributed by atoms with van der Waals surface area (Å²) in [6.45, 7) is 9.22. The highest BCUT2D eigenvalue weighted by molar-refractivity contribution is 5.96. The van der Waals surface area contributed by atoms with Crippen LogP contribution in [0.1, 0.15) is 51.4 Å². The van der Waals surface area contributed by atoms with Crippen LogP contribution in [0.15, 0.2) is 24.3 Å². The summed E-state index contributed by atoms with van der Waals surface area (Å²) in [5, 5.41) is 0. The number of benzene rings is 1. The number of carbonyl (C=O) groups excluding carboxylic acids is 2. The molecule has 0 N–H and O–H groups in total. The van der Waals surface area contributed by atoms with Gasteiger partial charge in [-0.2, -0.15) is 0 Å².